The van der Waals surface area contributed by atoms with Gasteiger partial charge in [-0.1, -0.05) is 42.5 Å². The maximum atomic E-state index is 13.7. The first-order valence-electron chi connectivity index (χ1n) is 10.1. The number of fused-ring (bicyclic) bond motifs is 1. The number of H-pyrrole nitrogens is 1. The van der Waals surface area contributed by atoms with Gasteiger partial charge in [-0.3, -0.25) is 9.59 Å². The number of para-hydroxylation sites is 2. The second-order valence-corrected chi connectivity index (χ2v) is 7.59. The van der Waals surface area contributed by atoms with Crippen molar-refractivity contribution >= 4 is 22.5 Å². The lowest BCUT2D eigenvalue weighted by molar-refractivity contribution is 0.0982. The second kappa shape index (κ2) is 8.48. The Bertz CT molecular complexity index is 1320. The first-order valence-corrected chi connectivity index (χ1v) is 10.1. The van der Waals surface area contributed by atoms with Gasteiger partial charge in [-0.25, -0.2) is 0 Å². The van der Waals surface area contributed by atoms with Crippen molar-refractivity contribution in [1.82, 2.24) is 4.98 Å². The maximum absolute atomic E-state index is 13.7. The Labute approximate surface area is 180 Å². The molecule has 4 rings (SSSR count). The van der Waals surface area contributed by atoms with Crippen molar-refractivity contribution in [3.8, 4) is 5.75 Å². The van der Waals surface area contributed by atoms with Gasteiger partial charge in [0.1, 0.15) is 5.75 Å². The second-order valence-electron chi connectivity index (χ2n) is 7.59. The van der Waals surface area contributed by atoms with Gasteiger partial charge in [0.25, 0.3) is 11.5 Å². The van der Waals surface area contributed by atoms with Crippen molar-refractivity contribution in [3.63, 3.8) is 0 Å². The van der Waals surface area contributed by atoms with Gasteiger partial charge in [0.15, 0.2) is 0 Å². The van der Waals surface area contributed by atoms with E-state index in [0.29, 0.717) is 16.9 Å². The molecule has 31 heavy (non-hydrogen) atoms. The molecule has 5 heteroatoms. The Morgan fingerprint density at radius 2 is 1.71 bits per heavy atom. The summed E-state index contributed by atoms with van der Waals surface area (Å²) in [6.45, 7) is 4.08. The molecule has 0 saturated carbocycles. The molecule has 4 aromatic rings. The molecule has 0 aliphatic heterocycles. The third-order valence-electron chi connectivity index (χ3n) is 5.40. The summed E-state index contributed by atoms with van der Waals surface area (Å²) in [5, 5.41) is 0.919. The van der Waals surface area contributed by atoms with Gasteiger partial charge in [0.2, 0.25) is 0 Å². The van der Waals surface area contributed by atoms with Crippen LogP contribution in [0.5, 0.6) is 5.75 Å². The molecule has 0 unspecified atom stereocenters. The molecule has 1 aromatic heterocycles. The number of carbonyl (C=O) groups excluding carboxylic acids is 1. The van der Waals surface area contributed by atoms with Crippen LogP contribution in [0.2, 0.25) is 0 Å². The molecule has 0 aliphatic carbocycles. The number of aromatic amines is 1. The third kappa shape index (κ3) is 4.08. The zero-order valence-electron chi connectivity index (χ0n) is 17.8. The number of nitrogens with one attached hydrogen (secondary N) is 1. The standard InChI is InChI=1S/C26H24N2O3/c1-17-12-13-18(2)23(14-17)28(26(30)21-9-5-7-11-24(21)31-3)16-20-15-19-8-4-6-10-22(19)27-25(20)29/h4-15H,16H2,1-3H3,(H,27,29). The van der Waals surface area contributed by atoms with Gasteiger partial charge in [-0.15, -0.1) is 0 Å². The smallest absolute Gasteiger partial charge is 0.262 e. The number of hydrogen-bond donors (Lipinski definition) is 1. The molecule has 0 saturated heterocycles. The van der Waals surface area contributed by atoms with E-state index in [2.05, 4.69) is 4.98 Å². The summed E-state index contributed by atoms with van der Waals surface area (Å²) in [6, 6.07) is 22.6. The first kappa shape index (κ1) is 20.4. The number of carbonyl (C=O) groups is 1. The number of benzene rings is 3. The lowest BCUT2D eigenvalue weighted by Crippen LogP contribution is -2.33. The van der Waals surface area contributed by atoms with Crippen molar-refractivity contribution < 1.29 is 9.53 Å². The summed E-state index contributed by atoms with van der Waals surface area (Å²) < 4.78 is 5.42. The minimum Gasteiger partial charge on any atom is -0.496 e. The fraction of sp³-hybridized carbons (Fsp3) is 0.154. The highest BCUT2D eigenvalue weighted by atomic mass is 16.5. The van der Waals surface area contributed by atoms with Crippen molar-refractivity contribution in [2.75, 3.05) is 12.0 Å². The molecular formula is C26H24N2O3. The lowest BCUT2D eigenvalue weighted by Gasteiger charge is -2.26. The number of nitrogens with zero attached hydrogens (tertiary/aromatic N) is 1. The minimum atomic E-state index is -0.223. The Balaban J connectivity index is 1.85. The van der Waals surface area contributed by atoms with E-state index in [4.69, 9.17) is 4.74 Å². The first-order chi connectivity index (χ1) is 15.0. The van der Waals surface area contributed by atoms with Crippen LogP contribution < -0.4 is 15.2 Å². The van der Waals surface area contributed by atoms with Gasteiger partial charge in [0, 0.05) is 16.8 Å². The number of aryl methyl sites for hydroxylation is 2. The zero-order valence-corrected chi connectivity index (χ0v) is 17.8. The Morgan fingerprint density at radius 3 is 2.52 bits per heavy atom. The van der Waals surface area contributed by atoms with E-state index in [0.717, 1.165) is 27.7 Å². The number of hydrogen-bond acceptors (Lipinski definition) is 3. The van der Waals surface area contributed by atoms with Crippen molar-refractivity contribution in [1.29, 1.82) is 0 Å². The topological polar surface area (TPSA) is 62.4 Å². The summed E-state index contributed by atoms with van der Waals surface area (Å²) in [5.74, 6) is 0.272. The van der Waals surface area contributed by atoms with Gasteiger partial charge >= 0.3 is 0 Å². The molecule has 1 N–H and O–H groups in total. The van der Waals surface area contributed by atoms with Gasteiger partial charge in [-0.05, 0) is 60.7 Å². The van der Waals surface area contributed by atoms with E-state index in [1.807, 2.05) is 68.4 Å². The average molecular weight is 412 g/mol. The SMILES string of the molecule is COc1ccccc1C(=O)N(Cc1cc2ccccc2[nH]c1=O)c1cc(C)ccc1C. The van der Waals surface area contributed by atoms with Crippen molar-refractivity contribution in [2.24, 2.45) is 0 Å². The zero-order chi connectivity index (χ0) is 22.0. The highest BCUT2D eigenvalue weighted by Crippen LogP contribution is 2.28. The molecule has 5 nitrogen and oxygen atoms in total. The van der Waals surface area contributed by atoms with Crippen molar-refractivity contribution in [3.05, 3.63) is 105 Å². The largest absolute Gasteiger partial charge is 0.496 e. The molecule has 156 valence electrons. The summed E-state index contributed by atoms with van der Waals surface area (Å²) in [5.41, 5.74) is 4.28. The molecule has 0 fully saturated rings. The van der Waals surface area contributed by atoms with Crippen LogP contribution in [0.3, 0.4) is 0 Å². The predicted octanol–water partition coefficient (Wildman–Crippen LogP) is 5.00. The van der Waals surface area contributed by atoms with E-state index in [-0.39, 0.29) is 18.0 Å². The Kier molecular flexibility index (Phi) is 5.58. The van der Waals surface area contributed by atoms with E-state index in [9.17, 15) is 9.59 Å². The van der Waals surface area contributed by atoms with Crippen molar-refractivity contribution in [2.45, 2.75) is 20.4 Å². The van der Waals surface area contributed by atoms with Crippen LogP contribution in [0.1, 0.15) is 27.0 Å². The van der Waals surface area contributed by atoms with Crippen LogP contribution in [0.15, 0.2) is 77.6 Å². The van der Waals surface area contributed by atoms with Crippen LogP contribution in [-0.4, -0.2) is 18.0 Å². The highest BCUT2D eigenvalue weighted by molar-refractivity contribution is 6.08. The van der Waals surface area contributed by atoms with E-state index in [1.54, 1.807) is 30.2 Å². The molecule has 0 radical (unpaired) electrons. The Morgan fingerprint density at radius 1 is 0.968 bits per heavy atom. The van der Waals surface area contributed by atoms with Crippen LogP contribution in [0.25, 0.3) is 10.9 Å². The summed E-state index contributed by atoms with van der Waals surface area (Å²) in [4.78, 5) is 31.1. The number of rotatable bonds is 5. The fourth-order valence-corrected chi connectivity index (χ4v) is 3.72. The van der Waals surface area contributed by atoms with Gasteiger partial charge < -0.3 is 14.6 Å². The number of amides is 1. The van der Waals surface area contributed by atoms with Crippen LogP contribution in [0, 0.1) is 13.8 Å². The van der Waals surface area contributed by atoms with Gasteiger partial charge in [0.05, 0.1) is 19.2 Å². The molecule has 3 aromatic carbocycles. The molecule has 1 amide bonds. The monoisotopic (exact) mass is 412 g/mol. The number of anilines is 1. The van der Waals surface area contributed by atoms with E-state index < -0.39 is 0 Å². The van der Waals surface area contributed by atoms with Crippen LogP contribution in [-0.2, 0) is 6.54 Å². The number of aromatic nitrogens is 1. The summed E-state index contributed by atoms with van der Waals surface area (Å²) in [6.07, 6.45) is 0. The average Bonchev–Trinajstić information content (AvgIpc) is 2.79. The lowest BCUT2D eigenvalue weighted by atomic mass is 10.1. The molecular weight excluding hydrogens is 388 g/mol. The number of methoxy groups -OCH3 is 1. The molecule has 0 atom stereocenters. The highest BCUT2D eigenvalue weighted by Gasteiger charge is 2.24. The predicted molar refractivity (Wildman–Crippen MR) is 124 cm³/mol. The van der Waals surface area contributed by atoms with Gasteiger partial charge in [-0.2, -0.15) is 0 Å². The van der Waals surface area contributed by atoms with Crippen LogP contribution >= 0.6 is 0 Å². The van der Waals surface area contributed by atoms with E-state index >= 15 is 0 Å². The molecule has 1 heterocycles. The Hall–Kier alpha value is -3.86. The normalized spacial score (nSPS) is 10.8. The maximum Gasteiger partial charge on any atom is 0.262 e. The summed E-state index contributed by atoms with van der Waals surface area (Å²) in [7, 11) is 1.54. The molecule has 0 spiro atoms. The van der Waals surface area contributed by atoms with E-state index in [1.165, 1.54) is 0 Å². The third-order valence-corrected chi connectivity index (χ3v) is 5.40. The summed E-state index contributed by atoms with van der Waals surface area (Å²) >= 11 is 0. The molecule has 0 bridgehead atoms. The number of pyridine rings is 1. The minimum absolute atomic E-state index is 0.140. The molecule has 0 aliphatic rings. The fourth-order valence-electron chi connectivity index (χ4n) is 3.72. The van der Waals surface area contributed by atoms with Crippen LogP contribution in [0.4, 0.5) is 5.69 Å². The number of ether oxygens (including phenoxy) is 1. The quantitative estimate of drug-likeness (QED) is 0.502.